The summed E-state index contributed by atoms with van der Waals surface area (Å²) in [4.78, 5) is 15.7. The average Bonchev–Trinajstić information content (AvgIpc) is 2.38. The molecule has 106 valence electrons. The first-order valence-corrected chi connectivity index (χ1v) is 6.42. The molecule has 1 aromatic rings. The van der Waals surface area contributed by atoms with Crippen molar-refractivity contribution in [3.05, 3.63) is 23.9 Å². The van der Waals surface area contributed by atoms with Gasteiger partial charge < -0.3 is 14.2 Å². The molecule has 0 bridgehead atoms. The molecule has 0 atom stereocenters. The van der Waals surface area contributed by atoms with Crippen LogP contribution in [0.1, 0.15) is 37.0 Å². The Labute approximate surface area is 113 Å². The first-order chi connectivity index (χ1) is 9.13. The Bertz CT molecular complexity index is 376. The van der Waals surface area contributed by atoms with Gasteiger partial charge in [0, 0.05) is 26.0 Å². The van der Waals surface area contributed by atoms with E-state index in [1.807, 2.05) is 13.8 Å². The molecule has 0 aliphatic carbocycles. The summed E-state index contributed by atoms with van der Waals surface area (Å²) in [5.41, 5.74) is 0.433. The van der Waals surface area contributed by atoms with E-state index in [0.717, 1.165) is 12.8 Å². The number of methoxy groups -OCH3 is 1. The molecule has 0 saturated carbocycles. The minimum absolute atomic E-state index is 0.0612. The Balaban J connectivity index is 2.36. The van der Waals surface area contributed by atoms with E-state index in [1.165, 1.54) is 6.20 Å². The number of rotatable bonds is 8. The zero-order valence-electron chi connectivity index (χ0n) is 11.7. The van der Waals surface area contributed by atoms with Crippen molar-refractivity contribution < 1.29 is 19.0 Å². The maximum absolute atomic E-state index is 11.7. The molecule has 5 nitrogen and oxygen atoms in total. The first-order valence-electron chi connectivity index (χ1n) is 6.42. The fourth-order valence-electron chi connectivity index (χ4n) is 1.41. The van der Waals surface area contributed by atoms with Gasteiger partial charge in [0.1, 0.15) is 0 Å². The molecule has 0 aromatic carbocycles. The number of nitrogens with zero attached hydrogens (tertiary/aromatic N) is 1. The third kappa shape index (κ3) is 6.20. The average molecular weight is 267 g/mol. The van der Waals surface area contributed by atoms with Gasteiger partial charge in [-0.25, -0.2) is 9.78 Å². The van der Waals surface area contributed by atoms with Crippen LogP contribution in [-0.4, -0.2) is 37.4 Å². The molecular formula is C14H21NO4. The van der Waals surface area contributed by atoms with E-state index in [4.69, 9.17) is 14.2 Å². The van der Waals surface area contributed by atoms with Gasteiger partial charge in [0.25, 0.3) is 0 Å². The number of ether oxygens (including phenoxy) is 3. The van der Waals surface area contributed by atoms with Crippen molar-refractivity contribution in [1.82, 2.24) is 4.98 Å². The largest absolute Gasteiger partial charge is 0.475 e. The lowest BCUT2D eigenvalue weighted by Gasteiger charge is -2.08. The summed E-state index contributed by atoms with van der Waals surface area (Å²) in [5.74, 6) is 0.146. The fourth-order valence-corrected chi connectivity index (χ4v) is 1.41. The van der Waals surface area contributed by atoms with Crippen LogP contribution in [0.4, 0.5) is 0 Å². The van der Waals surface area contributed by atoms with Gasteiger partial charge in [-0.3, -0.25) is 0 Å². The molecule has 0 saturated heterocycles. The molecule has 0 N–H and O–H groups in total. The Morgan fingerprint density at radius 3 is 2.58 bits per heavy atom. The lowest BCUT2D eigenvalue weighted by Crippen LogP contribution is -2.09. The molecule has 0 aliphatic rings. The van der Waals surface area contributed by atoms with Crippen LogP contribution in [0.15, 0.2) is 18.3 Å². The highest BCUT2D eigenvalue weighted by Crippen LogP contribution is 2.10. The zero-order valence-corrected chi connectivity index (χ0v) is 11.7. The van der Waals surface area contributed by atoms with Gasteiger partial charge in [-0.1, -0.05) is 0 Å². The third-order valence-electron chi connectivity index (χ3n) is 2.30. The second-order valence-electron chi connectivity index (χ2n) is 4.39. The first kappa shape index (κ1) is 15.4. The van der Waals surface area contributed by atoms with E-state index in [0.29, 0.717) is 24.7 Å². The number of pyridine rings is 1. The lowest BCUT2D eigenvalue weighted by atomic mass is 10.3. The second-order valence-corrected chi connectivity index (χ2v) is 4.39. The number of carbonyl (C=O) groups is 1. The standard InChI is InChI=1S/C14H21NO4/c1-11(2)19-13-7-6-12(10-15-13)14(16)18-9-5-4-8-17-3/h6-7,10-11H,4-5,8-9H2,1-3H3. The third-order valence-corrected chi connectivity index (χ3v) is 2.30. The fraction of sp³-hybridized carbons (Fsp3) is 0.571. The second kappa shape index (κ2) is 8.48. The predicted octanol–water partition coefficient (Wildman–Crippen LogP) is 2.45. The Kier molecular flexibility index (Phi) is 6.89. The maximum Gasteiger partial charge on any atom is 0.339 e. The molecule has 0 unspecified atom stereocenters. The normalized spacial score (nSPS) is 10.5. The lowest BCUT2D eigenvalue weighted by molar-refractivity contribution is 0.0488. The molecular weight excluding hydrogens is 246 g/mol. The zero-order chi connectivity index (χ0) is 14.1. The molecule has 0 aliphatic heterocycles. The number of aromatic nitrogens is 1. The van der Waals surface area contributed by atoms with Gasteiger partial charge in [-0.05, 0) is 32.8 Å². The molecule has 0 fully saturated rings. The Morgan fingerprint density at radius 2 is 2.00 bits per heavy atom. The molecule has 1 aromatic heterocycles. The summed E-state index contributed by atoms with van der Waals surface area (Å²) < 4.78 is 15.4. The highest BCUT2D eigenvalue weighted by Gasteiger charge is 2.08. The van der Waals surface area contributed by atoms with E-state index in [-0.39, 0.29) is 12.1 Å². The van der Waals surface area contributed by atoms with Crippen LogP contribution in [0.5, 0.6) is 5.88 Å². The van der Waals surface area contributed by atoms with E-state index >= 15 is 0 Å². The molecule has 0 radical (unpaired) electrons. The number of carbonyl (C=O) groups excluding carboxylic acids is 1. The van der Waals surface area contributed by atoms with E-state index < -0.39 is 0 Å². The number of hydrogen-bond acceptors (Lipinski definition) is 5. The number of hydrogen-bond donors (Lipinski definition) is 0. The Morgan fingerprint density at radius 1 is 1.26 bits per heavy atom. The van der Waals surface area contributed by atoms with Gasteiger partial charge in [0.15, 0.2) is 0 Å². The summed E-state index contributed by atoms with van der Waals surface area (Å²) in [6.07, 6.45) is 3.20. The van der Waals surface area contributed by atoms with E-state index in [9.17, 15) is 4.79 Å². The predicted molar refractivity (Wildman–Crippen MR) is 71.4 cm³/mol. The molecule has 0 amide bonds. The van der Waals surface area contributed by atoms with Crippen molar-refractivity contribution in [1.29, 1.82) is 0 Å². The summed E-state index contributed by atoms with van der Waals surface area (Å²) in [6.45, 7) is 4.92. The Hall–Kier alpha value is -1.62. The summed E-state index contributed by atoms with van der Waals surface area (Å²) >= 11 is 0. The van der Waals surface area contributed by atoms with Crippen LogP contribution >= 0.6 is 0 Å². The minimum Gasteiger partial charge on any atom is -0.475 e. The van der Waals surface area contributed by atoms with Crippen molar-refractivity contribution in [2.75, 3.05) is 20.3 Å². The SMILES string of the molecule is COCCCCOC(=O)c1ccc(OC(C)C)nc1. The van der Waals surface area contributed by atoms with Gasteiger partial charge in [-0.2, -0.15) is 0 Å². The molecule has 5 heteroatoms. The quantitative estimate of drug-likeness (QED) is 0.535. The van der Waals surface area contributed by atoms with Crippen LogP contribution in [0, 0.1) is 0 Å². The van der Waals surface area contributed by atoms with Gasteiger partial charge in [0.05, 0.1) is 18.3 Å². The van der Waals surface area contributed by atoms with Crippen LogP contribution in [0.3, 0.4) is 0 Å². The summed E-state index contributed by atoms with van der Waals surface area (Å²) in [7, 11) is 1.65. The van der Waals surface area contributed by atoms with Crippen LogP contribution in [0.2, 0.25) is 0 Å². The minimum atomic E-state index is -0.360. The van der Waals surface area contributed by atoms with Crippen LogP contribution in [-0.2, 0) is 9.47 Å². The van der Waals surface area contributed by atoms with Gasteiger partial charge >= 0.3 is 5.97 Å². The van der Waals surface area contributed by atoms with Gasteiger partial charge in [0.2, 0.25) is 5.88 Å². The van der Waals surface area contributed by atoms with Crippen molar-refractivity contribution >= 4 is 5.97 Å². The van der Waals surface area contributed by atoms with Crippen molar-refractivity contribution in [3.8, 4) is 5.88 Å². The summed E-state index contributed by atoms with van der Waals surface area (Å²) in [6, 6.07) is 3.32. The molecule has 1 heterocycles. The summed E-state index contributed by atoms with van der Waals surface area (Å²) in [5, 5.41) is 0. The number of unbranched alkanes of at least 4 members (excludes halogenated alkanes) is 1. The monoisotopic (exact) mass is 267 g/mol. The molecule has 19 heavy (non-hydrogen) atoms. The number of esters is 1. The van der Waals surface area contributed by atoms with Crippen LogP contribution < -0.4 is 4.74 Å². The van der Waals surface area contributed by atoms with E-state index in [1.54, 1.807) is 19.2 Å². The highest BCUT2D eigenvalue weighted by molar-refractivity contribution is 5.89. The molecule has 1 rings (SSSR count). The smallest absolute Gasteiger partial charge is 0.339 e. The van der Waals surface area contributed by atoms with E-state index in [2.05, 4.69) is 4.98 Å². The van der Waals surface area contributed by atoms with Crippen molar-refractivity contribution in [3.63, 3.8) is 0 Å². The topological polar surface area (TPSA) is 57.7 Å². The van der Waals surface area contributed by atoms with Crippen LogP contribution in [0.25, 0.3) is 0 Å². The molecule has 0 spiro atoms. The van der Waals surface area contributed by atoms with Gasteiger partial charge in [-0.15, -0.1) is 0 Å². The van der Waals surface area contributed by atoms with Crippen molar-refractivity contribution in [2.45, 2.75) is 32.8 Å². The highest BCUT2D eigenvalue weighted by atomic mass is 16.5. The van der Waals surface area contributed by atoms with Crippen molar-refractivity contribution in [2.24, 2.45) is 0 Å². The maximum atomic E-state index is 11.7.